The second-order valence-corrected chi connectivity index (χ2v) is 4.85. The summed E-state index contributed by atoms with van der Waals surface area (Å²) in [5.74, 6) is 0.846. The predicted octanol–water partition coefficient (Wildman–Crippen LogP) is 2.16. The molecule has 1 N–H and O–H groups in total. The summed E-state index contributed by atoms with van der Waals surface area (Å²) in [5.41, 5.74) is 2.40. The normalized spacial score (nSPS) is 13.9. The Balaban J connectivity index is 1.88. The summed E-state index contributed by atoms with van der Waals surface area (Å²) in [4.78, 5) is 18.6. The van der Waals surface area contributed by atoms with Gasteiger partial charge in [0.05, 0.1) is 24.0 Å². The molecule has 1 aromatic heterocycles. The lowest BCUT2D eigenvalue weighted by Crippen LogP contribution is -2.32. The summed E-state index contributed by atoms with van der Waals surface area (Å²) >= 11 is 0. The molecule has 1 amide bonds. The van der Waals surface area contributed by atoms with E-state index in [1.807, 2.05) is 29.2 Å². The Morgan fingerprint density at radius 3 is 3.05 bits per heavy atom. The number of fused-ring (bicyclic) bond motifs is 1. The summed E-state index contributed by atoms with van der Waals surface area (Å²) in [6.07, 6.45) is 3.30. The van der Waals surface area contributed by atoms with Crippen molar-refractivity contribution in [2.24, 2.45) is 0 Å². The van der Waals surface area contributed by atoms with Gasteiger partial charge in [0.15, 0.2) is 0 Å². The lowest BCUT2D eigenvalue weighted by atomic mass is 10.1. The summed E-state index contributed by atoms with van der Waals surface area (Å²) in [6.45, 7) is 1.63. The van der Waals surface area contributed by atoms with Crippen molar-refractivity contribution < 1.29 is 9.53 Å². The highest BCUT2D eigenvalue weighted by molar-refractivity contribution is 5.99. The molecule has 1 aromatic carbocycles. The number of para-hydroxylation sites is 1. The lowest BCUT2D eigenvalue weighted by molar-refractivity contribution is 0.0734. The quantitative estimate of drug-likeness (QED) is 0.917. The molecule has 0 saturated heterocycles. The van der Waals surface area contributed by atoms with Crippen molar-refractivity contribution in [3.05, 3.63) is 53.9 Å². The van der Waals surface area contributed by atoms with E-state index >= 15 is 0 Å². The van der Waals surface area contributed by atoms with E-state index in [1.54, 1.807) is 25.5 Å². The maximum Gasteiger partial charge on any atom is 0.256 e. The van der Waals surface area contributed by atoms with Crippen LogP contribution in [0, 0.1) is 0 Å². The molecule has 1 aliphatic rings. The van der Waals surface area contributed by atoms with E-state index < -0.39 is 0 Å². The van der Waals surface area contributed by atoms with Gasteiger partial charge in [0.2, 0.25) is 0 Å². The second kappa shape index (κ2) is 5.83. The van der Waals surface area contributed by atoms with Crippen LogP contribution in [0.1, 0.15) is 15.9 Å². The number of pyridine rings is 1. The molecule has 0 bridgehead atoms. The van der Waals surface area contributed by atoms with Crippen LogP contribution in [-0.2, 0) is 6.54 Å². The van der Waals surface area contributed by atoms with Gasteiger partial charge >= 0.3 is 0 Å². The van der Waals surface area contributed by atoms with Gasteiger partial charge in [0.1, 0.15) is 12.4 Å². The van der Waals surface area contributed by atoms with Crippen LogP contribution in [0.25, 0.3) is 0 Å². The highest BCUT2D eigenvalue weighted by atomic mass is 16.5. The zero-order valence-corrected chi connectivity index (χ0v) is 11.9. The first kappa shape index (κ1) is 13.4. The predicted molar refractivity (Wildman–Crippen MR) is 80.5 cm³/mol. The van der Waals surface area contributed by atoms with Gasteiger partial charge in [-0.3, -0.25) is 9.78 Å². The number of carbonyl (C=O) groups excluding carboxylic acids is 1. The Morgan fingerprint density at radius 1 is 1.33 bits per heavy atom. The Labute approximate surface area is 123 Å². The molecular weight excluding hydrogens is 266 g/mol. The Kier molecular flexibility index (Phi) is 3.73. The molecule has 3 rings (SSSR count). The maximum absolute atomic E-state index is 12.7. The highest BCUT2D eigenvalue weighted by Gasteiger charge is 2.22. The van der Waals surface area contributed by atoms with Crippen molar-refractivity contribution in [2.75, 3.05) is 25.5 Å². The Morgan fingerprint density at radius 2 is 2.19 bits per heavy atom. The fourth-order valence-corrected chi connectivity index (χ4v) is 2.45. The van der Waals surface area contributed by atoms with E-state index in [-0.39, 0.29) is 5.91 Å². The average Bonchev–Trinajstić information content (AvgIpc) is 2.76. The first-order valence-corrected chi connectivity index (χ1v) is 6.91. The molecular formula is C16H17N3O2. The topological polar surface area (TPSA) is 54.5 Å². The van der Waals surface area contributed by atoms with Gasteiger partial charge in [0, 0.05) is 25.4 Å². The van der Waals surface area contributed by atoms with Gasteiger partial charge in [0.25, 0.3) is 5.91 Å². The van der Waals surface area contributed by atoms with Crippen molar-refractivity contribution >= 4 is 11.6 Å². The van der Waals surface area contributed by atoms with Gasteiger partial charge in [-0.15, -0.1) is 0 Å². The first-order valence-electron chi connectivity index (χ1n) is 6.91. The van der Waals surface area contributed by atoms with Crippen LogP contribution in [0.2, 0.25) is 0 Å². The third kappa shape index (κ3) is 2.67. The minimum Gasteiger partial charge on any atom is -0.491 e. The molecule has 0 unspecified atom stereocenters. The van der Waals surface area contributed by atoms with Crippen molar-refractivity contribution in [2.45, 2.75) is 6.54 Å². The number of rotatable bonds is 2. The van der Waals surface area contributed by atoms with E-state index in [0.717, 1.165) is 17.0 Å². The molecule has 0 saturated carbocycles. The number of anilines is 1. The van der Waals surface area contributed by atoms with Crippen molar-refractivity contribution in [3.63, 3.8) is 0 Å². The van der Waals surface area contributed by atoms with Crippen LogP contribution in [0.3, 0.4) is 0 Å². The van der Waals surface area contributed by atoms with Crippen LogP contribution in [0.15, 0.2) is 42.7 Å². The third-order valence-electron chi connectivity index (χ3n) is 3.56. The summed E-state index contributed by atoms with van der Waals surface area (Å²) < 4.78 is 5.70. The van der Waals surface area contributed by atoms with Crippen LogP contribution in [0.4, 0.5) is 5.69 Å². The van der Waals surface area contributed by atoms with E-state index in [1.165, 1.54) is 0 Å². The fourth-order valence-electron chi connectivity index (χ4n) is 2.45. The number of hydrogen-bond donors (Lipinski definition) is 1. The van der Waals surface area contributed by atoms with Gasteiger partial charge in [-0.25, -0.2) is 0 Å². The van der Waals surface area contributed by atoms with E-state index in [4.69, 9.17) is 4.74 Å². The number of amides is 1. The van der Waals surface area contributed by atoms with Crippen molar-refractivity contribution in [3.8, 4) is 5.75 Å². The van der Waals surface area contributed by atoms with Crippen LogP contribution in [0.5, 0.6) is 5.75 Å². The molecule has 0 spiro atoms. The van der Waals surface area contributed by atoms with E-state index in [9.17, 15) is 4.79 Å². The van der Waals surface area contributed by atoms with Crippen LogP contribution in [-0.4, -0.2) is 36.0 Å². The second-order valence-electron chi connectivity index (χ2n) is 4.85. The number of aromatic nitrogens is 1. The largest absolute Gasteiger partial charge is 0.491 e. The zero-order chi connectivity index (χ0) is 14.7. The molecule has 0 aliphatic carbocycles. The highest BCUT2D eigenvalue weighted by Crippen LogP contribution is 2.24. The van der Waals surface area contributed by atoms with Gasteiger partial charge in [-0.05, 0) is 12.1 Å². The standard InChI is InChI=1S/C16H17N3O2/c1-17-14-10-18-7-6-13(14)16(20)19-8-9-21-15-5-3-2-4-12(15)11-19/h2-7,10,17H,8-9,11H2,1H3. The third-order valence-corrected chi connectivity index (χ3v) is 3.56. The summed E-state index contributed by atoms with van der Waals surface area (Å²) in [5, 5.41) is 3.01. The number of hydrogen-bond acceptors (Lipinski definition) is 4. The Bertz CT molecular complexity index is 657. The van der Waals surface area contributed by atoms with Crippen LogP contribution < -0.4 is 10.1 Å². The molecule has 1 aliphatic heterocycles. The molecule has 2 aromatic rings. The number of nitrogens with zero attached hydrogens (tertiary/aromatic N) is 2. The summed E-state index contributed by atoms with van der Waals surface area (Å²) in [7, 11) is 1.79. The van der Waals surface area contributed by atoms with Gasteiger partial charge in [-0.1, -0.05) is 18.2 Å². The lowest BCUT2D eigenvalue weighted by Gasteiger charge is -2.21. The molecule has 5 heteroatoms. The average molecular weight is 283 g/mol. The SMILES string of the molecule is CNc1cnccc1C(=O)N1CCOc2ccccc2C1. The zero-order valence-electron chi connectivity index (χ0n) is 11.9. The smallest absolute Gasteiger partial charge is 0.256 e. The minimum absolute atomic E-state index is 0.0120. The fraction of sp³-hybridized carbons (Fsp3) is 0.250. The summed E-state index contributed by atoms with van der Waals surface area (Å²) in [6, 6.07) is 9.58. The van der Waals surface area contributed by atoms with Gasteiger partial charge in [-0.2, -0.15) is 0 Å². The minimum atomic E-state index is -0.0120. The van der Waals surface area contributed by atoms with E-state index in [2.05, 4.69) is 10.3 Å². The molecule has 21 heavy (non-hydrogen) atoms. The molecule has 5 nitrogen and oxygen atoms in total. The molecule has 0 fully saturated rings. The molecule has 0 atom stereocenters. The van der Waals surface area contributed by atoms with Crippen molar-refractivity contribution in [1.29, 1.82) is 0 Å². The first-order chi connectivity index (χ1) is 10.3. The number of nitrogens with one attached hydrogen (secondary N) is 1. The molecule has 108 valence electrons. The van der Waals surface area contributed by atoms with Gasteiger partial charge < -0.3 is 15.0 Å². The Hall–Kier alpha value is -2.56. The van der Waals surface area contributed by atoms with Crippen molar-refractivity contribution in [1.82, 2.24) is 9.88 Å². The maximum atomic E-state index is 12.7. The van der Waals surface area contributed by atoms with Crippen LogP contribution >= 0.6 is 0 Å². The molecule has 2 heterocycles. The molecule has 0 radical (unpaired) electrons. The van der Waals surface area contributed by atoms with E-state index in [0.29, 0.717) is 25.3 Å². The number of ether oxygens (including phenoxy) is 1. The number of benzene rings is 1. The monoisotopic (exact) mass is 283 g/mol. The number of carbonyl (C=O) groups is 1.